The summed E-state index contributed by atoms with van der Waals surface area (Å²) in [6, 6.07) is 7.04. The van der Waals surface area contributed by atoms with E-state index in [9.17, 15) is 4.79 Å². The van der Waals surface area contributed by atoms with E-state index in [-0.39, 0.29) is 5.91 Å². The van der Waals surface area contributed by atoms with E-state index in [1.807, 2.05) is 19.1 Å². The van der Waals surface area contributed by atoms with Crippen LogP contribution in [0.15, 0.2) is 24.3 Å². The number of carbonyl (C=O) groups excluding carboxylic acids is 1. The van der Waals surface area contributed by atoms with E-state index in [0.717, 1.165) is 18.5 Å². The van der Waals surface area contributed by atoms with Crippen molar-refractivity contribution in [2.75, 3.05) is 17.2 Å². The summed E-state index contributed by atoms with van der Waals surface area (Å²) >= 11 is 6.06. The van der Waals surface area contributed by atoms with Gasteiger partial charge in [-0.05, 0) is 38.0 Å². The van der Waals surface area contributed by atoms with Crippen molar-refractivity contribution in [3.05, 3.63) is 46.4 Å². The third-order valence-electron chi connectivity index (χ3n) is 3.06. The molecule has 0 bridgehead atoms. The number of carbonyl (C=O) groups is 1. The van der Waals surface area contributed by atoms with Gasteiger partial charge in [0.2, 0.25) is 0 Å². The van der Waals surface area contributed by atoms with E-state index in [2.05, 4.69) is 27.5 Å². The third-order valence-corrected chi connectivity index (χ3v) is 3.46. The molecule has 0 saturated carbocycles. The Morgan fingerprint density at radius 1 is 1.23 bits per heavy atom. The van der Waals surface area contributed by atoms with Crippen molar-refractivity contribution < 1.29 is 4.79 Å². The van der Waals surface area contributed by atoms with Crippen LogP contribution in [0.25, 0.3) is 0 Å². The molecule has 0 atom stereocenters. The highest BCUT2D eigenvalue weighted by molar-refractivity contribution is 6.31. The van der Waals surface area contributed by atoms with Crippen LogP contribution in [0.4, 0.5) is 11.5 Å². The van der Waals surface area contributed by atoms with Crippen molar-refractivity contribution in [3.8, 4) is 0 Å². The maximum atomic E-state index is 12.3. The molecule has 0 aliphatic carbocycles. The maximum Gasteiger partial charge on any atom is 0.274 e. The number of aromatic nitrogens is 2. The lowest BCUT2D eigenvalue weighted by Gasteiger charge is -2.09. The van der Waals surface area contributed by atoms with Crippen LogP contribution >= 0.6 is 11.6 Å². The maximum absolute atomic E-state index is 12.3. The summed E-state index contributed by atoms with van der Waals surface area (Å²) in [5.41, 5.74) is 1.92. The molecule has 2 aromatic rings. The fourth-order valence-electron chi connectivity index (χ4n) is 1.89. The van der Waals surface area contributed by atoms with Crippen molar-refractivity contribution in [2.45, 2.75) is 27.2 Å². The molecule has 116 valence electrons. The van der Waals surface area contributed by atoms with E-state index >= 15 is 0 Å². The number of nitrogens with zero attached hydrogens (tertiary/aromatic N) is 2. The monoisotopic (exact) mass is 318 g/mol. The summed E-state index contributed by atoms with van der Waals surface area (Å²) in [7, 11) is 0. The van der Waals surface area contributed by atoms with Crippen molar-refractivity contribution in [3.63, 3.8) is 0 Å². The van der Waals surface area contributed by atoms with Crippen LogP contribution in [-0.2, 0) is 0 Å². The molecule has 0 saturated heterocycles. The van der Waals surface area contributed by atoms with Crippen LogP contribution in [0.3, 0.4) is 0 Å². The summed E-state index contributed by atoms with van der Waals surface area (Å²) in [4.78, 5) is 20.8. The Bertz CT molecular complexity index is 688. The van der Waals surface area contributed by atoms with E-state index in [0.29, 0.717) is 28.0 Å². The molecule has 1 aromatic heterocycles. The lowest BCUT2D eigenvalue weighted by Crippen LogP contribution is -2.16. The largest absolute Gasteiger partial charge is 0.370 e. The minimum atomic E-state index is -0.287. The number of rotatable bonds is 5. The van der Waals surface area contributed by atoms with Crippen molar-refractivity contribution in [2.24, 2.45) is 0 Å². The molecule has 0 fully saturated rings. The number of aryl methyl sites for hydroxylation is 2. The van der Waals surface area contributed by atoms with Gasteiger partial charge in [0.15, 0.2) is 0 Å². The zero-order chi connectivity index (χ0) is 16.1. The lowest BCUT2D eigenvalue weighted by molar-refractivity contribution is 0.102. The first-order chi connectivity index (χ1) is 10.5. The molecular weight excluding hydrogens is 300 g/mol. The molecule has 0 aliphatic rings. The van der Waals surface area contributed by atoms with Gasteiger partial charge >= 0.3 is 0 Å². The number of halogens is 1. The number of hydrogen-bond acceptors (Lipinski definition) is 4. The van der Waals surface area contributed by atoms with Gasteiger partial charge in [-0.3, -0.25) is 4.79 Å². The Hall–Kier alpha value is -2.14. The predicted octanol–water partition coefficient (Wildman–Crippen LogP) is 3.82. The van der Waals surface area contributed by atoms with Gasteiger partial charge < -0.3 is 10.6 Å². The normalized spacial score (nSPS) is 10.4. The standard InChI is InChI=1S/C16H19ClN4O/c1-4-7-18-15-9-14(19-11(3)20-15)16(22)21-12-6-5-10(2)13(17)8-12/h5-6,8-9H,4,7H2,1-3H3,(H,21,22)(H,18,19,20). The molecular formula is C16H19ClN4O. The average molecular weight is 319 g/mol. The number of hydrogen-bond donors (Lipinski definition) is 2. The number of amides is 1. The molecule has 1 aromatic carbocycles. The molecule has 6 heteroatoms. The Morgan fingerprint density at radius 2 is 2.00 bits per heavy atom. The van der Waals surface area contributed by atoms with Crippen molar-refractivity contribution in [1.82, 2.24) is 9.97 Å². The number of nitrogens with one attached hydrogen (secondary N) is 2. The first-order valence-corrected chi connectivity index (χ1v) is 7.54. The molecule has 1 heterocycles. The summed E-state index contributed by atoms with van der Waals surface area (Å²) < 4.78 is 0. The molecule has 0 aliphatic heterocycles. The second-order valence-electron chi connectivity index (χ2n) is 5.03. The van der Waals surface area contributed by atoms with Gasteiger partial charge in [-0.1, -0.05) is 24.6 Å². The fraction of sp³-hybridized carbons (Fsp3) is 0.312. The van der Waals surface area contributed by atoms with E-state index in [1.165, 1.54) is 0 Å². The van der Waals surface area contributed by atoms with E-state index in [1.54, 1.807) is 19.1 Å². The second-order valence-corrected chi connectivity index (χ2v) is 5.44. The van der Waals surface area contributed by atoms with Gasteiger partial charge in [-0.2, -0.15) is 0 Å². The van der Waals surface area contributed by atoms with E-state index in [4.69, 9.17) is 11.6 Å². The lowest BCUT2D eigenvalue weighted by atomic mass is 10.2. The highest BCUT2D eigenvalue weighted by Gasteiger charge is 2.11. The van der Waals surface area contributed by atoms with Crippen LogP contribution in [-0.4, -0.2) is 22.4 Å². The molecule has 0 radical (unpaired) electrons. The van der Waals surface area contributed by atoms with Gasteiger partial charge in [-0.15, -0.1) is 0 Å². The molecule has 0 spiro atoms. The van der Waals surface area contributed by atoms with Crippen LogP contribution in [0, 0.1) is 13.8 Å². The SMILES string of the molecule is CCCNc1cc(C(=O)Nc2ccc(C)c(Cl)c2)nc(C)n1. The predicted molar refractivity (Wildman–Crippen MR) is 89.7 cm³/mol. The fourth-order valence-corrected chi connectivity index (χ4v) is 2.07. The van der Waals surface area contributed by atoms with Crippen LogP contribution in [0.1, 0.15) is 35.2 Å². The van der Waals surface area contributed by atoms with Crippen molar-refractivity contribution in [1.29, 1.82) is 0 Å². The summed E-state index contributed by atoms with van der Waals surface area (Å²) in [5.74, 6) is 0.916. The van der Waals surface area contributed by atoms with Gasteiger partial charge in [0, 0.05) is 23.3 Å². The minimum absolute atomic E-state index is 0.287. The smallest absolute Gasteiger partial charge is 0.274 e. The van der Waals surface area contributed by atoms with Crippen molar-refractivity contribution >= 4 is 29.0 Å². The molecule has 22 heavy (non-hydrogen) atoms. The second kappa shape index (κ2) is 7.22. The Morgan fingerprint density at radius 3 is 2.68 bits per heavy atom. The molecule has 5 nitrogen and oxygen atoms in total. The molecule has 2 N–H and O–H groups in total. The van der Waals surface area contributed by atoms with Gasteiger partial charge in [0.25, 0.3) is 5.91 Å². The number of anilines is 2. The number of benzene rings is 1. The van der Waals surface area contributed by atoms with Gasteiger partial charge in [0.1, 0.15) is 17.3 Å². The van der Waals surface area contributed by atoms with Crippen LogP contribution in [0.2, 0.25) is 5.02 Å². The Balaban J connectivity index is 2.17. The van der Waals surface area contributed by atoms with E-state index < -0.39 is 0 Å². The zero-order valence-electron chi connectivity index (χ0n) is 12.9. The van der Waals surface area contributed by atoms with Crippen LogP contribution < -0.4 is 10.6 Å². The minimum Gasteiger partial charge on any atom is -0.370 e. The first kappa shape index (κ1) is 16.2. The Kier molecular flexibility index (Phi) is 5.33. The zero-order valence-corrected chi connectivity index (χ0v) is 13.7. The summed E-state index contributed by atoms with van der Waals surface area (Å²) in [5, 5.41) is 6.57. The topological polar surface area (TPSA) is 66.9 Å². The highest BCUT2D eigenvalue weighted by Crippen LogP contribution is 2.20. The Labute approximate surface area is 135 Å². The summed E-state index contributed by atoms with van der Waals surface area (Å²) in [6.07, 6.45) is 0.979. The van der Waals surface area contributed by atoms with Gasteiger partial charge in [-0.25, -0.2) is 9.97 Å². The van der Waals surface area contributed by atoms with Gasteiger partial charge in [0.05, 0.1) is 0 Å². The summed E-state index contributed by atoms with van der Waals surface area (Å²) in [6.45, 7) is 6.53. The molecule has 2 rings (SSSR count). The third kappa shape index (κ3) is 4.18. The quantitative estimate of drug-likeness (QED) is 0.879. The molecule has 1 amide bonds. The molecule has 0 unspecified atom stereocenters. The average Bonchev–Trinajstić information content (AvgIpc) is 2.48. The van der Waals surface area contributed by atoms with Crippen LogP contribution in [0.5, 0.6) is 0 Å². The first-order valence-electron chi connectivity index (χ1n) is 7.16. The highest BCUT2D eigenvalue weighted by atomic mass is 35.5.